The summed E-state index contributed by atoms with van der Waals surface area (Å²) in [5, 5.41) is 4.05. The molecule has 1 aromatic heterocycles. The van der Waals surface area contributed by atoms with Crippen molar-refractivity contribution in [2.75, 3.05) is 5.73 Å². The van der Waals surface area contributed by atoms with Crippen molar-refractivity contribution < 1.29 is 4.52 Å². The Labute approximate surface area is 123 Å². The lowest BCUT2D eigenvalue weighted by Gasteiger charge is -2.02. The van der Waals surface area contributed by atoms with Gasteiger partial charge in [-0.25, -0.2) is 0 Å². The zero-order valence-electron chi connectivity index (χ0n) is 12.1. The van der Waals surface area contributed by atoms with Crippen LogP contribution in [0.3, 0.4) is 0 Å². The van der Waals surface area contributed by atoms with Crippen LogP contribution in [0.2, 0.25) is 0 Å². The molecule has 0 unspecified atom stereocenters. The summed E-state index contributed by atoms with van der Waals surface area (Å²) in [6.45, 7) is 4.17. The lowest BCUT2D eigenvalue weighted by Crippen LogP contribution is -1.93. The van der Waals surface area contributed by atoms with Gasteiger partial charge in [-0.1, -0.05) is 46.6 Å². The normalized spacial score (nSPS) is 10.8. The number of aryl methyl sites for hydroxylation is 2. The summed E-state index contributed by atoms with van der Waals surface area (Å²) >= 11 is 0. The highest BCUT2D eigenvalue weighted by Crippen LogP contribution is 2.24. The van der Waals surface area contributed by atoms with Crippen molar-refractivity contribution in [2.24, 2.45) is 0 Å². The van der Waals surface area contributed by atoms with Crippen LogP contribution >= 0.6 is 0 Å². The zero-order valence-corrected chi connectivity index (χ0v) is 12.1. The molecule has 0 aliphatic heterocycles. The molecule has 2 aromatic carbocycles. The third-order valence-corrected chi connectivity index (χ3v) is 3.30. The molecule has 0 saturated carbocycles. The molecular formula is C17H17N3O. The van der Waals surface area contributed by atoms with E-state index in [1.54, 1.807) is 0 Å². The molecule has 0 saturated heterocycles. The molecule has 0 bridgehead atoms. The minimum Gasteiger partial charge on any atom is -0.398 e. The van der Waals surface area contributed by atoms with Crippen LogP contribution in [-0.4, -0.2) is 10.1 Å². The van der Waals surface area contributed by atoms with E-state index in [1.807, 2.05) is 24.3 Å². The second kappa shape index (κ2) is 5.40. The molecule has 3 aromatic rings. The molecule has 0 atom stereocenters. The van der Waals surface area contributed by atoms with Crippen LogP contribution in [0, 0.1) is 13.8 Å². The van der Waals surface area contributed by atoms with Gasteiger partial charge in [-0.15, -0.1) is 0 Å². The lowest BCUT2D eigenvalue weighted by atomic mass is 10.0. The molecule has 0 amide bonds. The van der Waals surface area contributed by atoms with Gasteiger partial charge in [-0.05, 0) is 31.5 Å². The summed E-state index contributed by atoms with van der Waals surface area (Å²) in [5.74, 6) is 1.13. The Morgan fingerprint density at radius 1 is 1.05 bits per heavy atom. The van der Waals surface area contributed by atoms with Gasteiger partial charge in [0.05, 0.1) is 5.56 Å². The van der Waals surface area contributed by atoms with Crippen LogP contribution < -0.4 is 5.73 Å². The summed E-state index contributed by atoms with van der Waals surface area (Å²) in [4.78, 5) is 4.44. The second-order valence-corrected chi connectivity index (χ2v) is 5.28. The summed E-state index contributed by atoms with van der Waals surface area (Å²) < 4.78 is 5.32. The average Bonchev–Trinajstić information content (AvgIpc) is 2.86. The van der Waals surface area contributed by atoms with Gasteiger partial charge < -0.3 is 10.3 Å². The predicted molar refractivity (Wildman–Crippen MR) is 82.9 cm³/mol. The van der Waals surface area contributed by atoms with E-state index >= 15 is 0 Å². The largest absolute Gasteiger partial charge is 0.398 e. The molecule has 0 spiro atoms. The van der Waals surface area contributed by atoms with E-state index in [1.165, 1.54) is 16.7 Å². The van der Waals surface area contributed by atoms with E-state index in [4.69, 9.17) is 10.3 Å². The minimum atomic E-state index is 0.465. The predicted octanol–water partition coefficient (Wildman–Crippen LogP) is 3.53. The van der Waals surface area contributed by atoms with Crippen molar-refractivity contribution >= 4 is 5.69 Å². The van der Waals surface area contributed by atoms with Crippen LogP contribution in [0.5, 0.6) is 0 Å². The maximum atomic E-state index is 5.93. The molecule has 4 nitrogen and oxygen atoms in total. The van der Waals surface area contributed by atoms with Crippen LogP contribution in [0.25, 0.3) is 11.5 Å². The molecular weight excluding hydrogens is 262 g/mol. The van der Waals surface area contributed by atoms with Crippen molar-refractivity contribution in [3.05, 3.63) is 65.0 Å². The smallest absolute Gasteiger partial charge is 0.260 e. The van der Waals surface area contributed by atoms with Gasteiger partial charge in [0.25, 0.3) is 5.89 Å². The van der Waals surface area contributed by atoms with Gasteiger partial charge in [0.1, 0.15) is 0 Å². The standard InChI is InChI=1S/C17H17N3O/c1-11-7-12(2)9-13(8-11)10-16-19-17(21-20-16)14-5-3-4-6-15(14)18/h3-9H,10,18H2,1-2H3. The van der Waals surface area contributed by atoms with E-state index in [-0.39, 0.29) is 0 Å². The Kier molecular flexibility index (Phi) is 3.44. The van der Waals surface area contributed by atoms with Gasteiger partial charge in [0.2, 0.25) is 0 Å². The number of hydrogen-bond donors (Lipinski definition) is 1. The lowest BCUT2D eigenvalue weighted by molar-refractivity contribution is 0.424. The average molecular weight is 279 g/mol. The summed E-state index contributed by atoms with van der Waals surface area (Å²) in [5.41, 5.74) is 11.0. The van der Waals surface area contributed by atoms with Crippen molar-refractivity contribution in [1.82, 2.24) is 10.1 Å². The monoisotopic (exact) mass is 279 g/mol. The molecule has 0 radical (unpaired) electrons. The Bertz CT molecular complexity index is 757. The van der Waals surface area contributed by atoms with Gasteiger partial charge in [-0.3, -0.25) is 0 Å². The van der Waals surface area contributed by atoms with Crippen LogP contribution in [0.15, 0.2) is 47.0 Å². The molecule has 1 heterocycles. The number of hydrogen-bond acceptors (Lipinski definition) is 4. The van der Waals surface area contributed by atoms with E-state index in [9.17, 15) is 0 Å². The van der Waals surface area contributed by atoms with E-state index in [2.05, 4.69) is 42.2 Å². The molecule has 3 rings (SSSR count). The maximum Gasteiger partial charge on any atom is 0.260 e. The van der Waals surface area contributed by atoms with Crippen molar-refractivity contribution in [3.63, 3.8) is 0 Å². The number of anilines is 1. The van der Waals surface area contributed by atoms with Crippen molar-refractivity contribution in [2.45, 2.75) is 20.3 Å². The van der Waals surface area contributed by atoms with Crippen LogP contribution in [-0.2, 0) is 6.42 Å². The quantitative estimate of drug-likeness (QED) is 0.745. The van der Waals surface area contributed by atoms with Gasteiger partial charge in [-0.2, -0.15) is 4.98 Å². The number of nitrogens with two attached hydrogens (primary N) is 1. The van der Waals surface area contributed by atoms with E-state index in [0.29, 0.717) is 23.8 Å². The zero-order chi connectivity index (χ0) is 14.8. The number of benzene rings is 2. The molecule has 2 N–H and O–H groups in total. The number of rotatable bonds is 3. The number of para-hydroxylation sites is 1. The first kappa shape index (κ1) is 13.4. The first-order valence-corrected chi connectivity index (χ1v) is 6.86. The van der Waals surface area contributed by atoms with Crippen LogP contribution in [0.1, 0.15) is 22.5 Å². The molecule has 0 fully saturated rings. The topological polar surface area (TPSA) is 64.9 Å². The third-order valence-electron chi connectivity index (χ3n) is 3.30. The second-order valence-electron chi connectivity index (χ2n) is 5.28. The fourth-order valence-electron chi connectivity index (χ4n) is 2.48. The number of nitrogen functional groups attached to an aromatic ring is 1. The minimum absolute atomic E-state index is 0.465. The van der Waals surface area contributed by atoms with Crippen molar-refractivity contribution in [1.29, 1.82) is 0 Å². The first-order chi connectivity index (χ1) is 10.1. The molecule has 4 heteroatoms. The van der Waals surface area contributed by atoms with E-state index in [0.717, 1.165) is 5.56 Å². The molecule has 106 valence electrons. The van der Waals surface area contributed by atoms with Gasteiger partial charge >= 0.3 is 0 Å². The summed E-state index contributed by atoms with van der Waals surface area (Å²) in [6.07, 6.45) is 0.652. The number of nitrogens with zero attached hydrogens (tertiary/aromatic N) is 2. The highest BCUT2D eigenvalue weighted by atomic mass is 16.5. The Morgan fingerprint density at radius 2 is 1.76 bits per heavy atom. The Hall–Kier alpha value is -2.62. The first-order valence-electron chi connectivity index (χ1n) is 6.86. The van der Waals surface area contributed by atoms with Gasteiger partial charge in [0, 0.05) is 12.1 Å². The maximum absolute atomic E-state index is 5.93. The Morgan fingerprint density at radius 3 is 2.48 bits per heavy atom. The fraction of sp³-hybridized carbons (Fsp3) is 0.176. The fourth-order valence-corrected chi connectivity index (χ4v) is 2.48. The third kappa shape index (κ3) is 2.94. The summed E-state index contributed by atoms with van der Waals surface area (Å²) in [7, 11) is 0. The highest BCUT2D eigenvalue weighted by molar-refractivity contribution is 5.69. The molecule has 21 heavy (non-hydrogen) atoms. The number of aromatic nitrogens is 2. The summed E-state index contributed by atoms with van der Waals surface area (Å²) in [6, 6.07) is 13.9. The highest BCUT2D eigenvalue weighted by Gasteiger charge is 2.11. The molecule has 0 aliphatic rings. The van der Waals surface area contributed by atoms with Gasteiger partial charge in [0.15, 0.2) is 5.82 Å². The Balaban J connectivity index is 1.87. The SMILES string of the molecule is Cc1cc(C)cc(Cc2noc(-c3ccccc3N)n2)c1. The van der Waals surface area contributed by atoms with E-state index < -0.39 is 0 Å². The van der Waals surface area contributed by atoms with Crippen molar-refractivity contribution in [3.8, 4) is 11.5 Å². The van der Waals surface area contributed by atoms with Crippen LogP contribution in [0.4, 0.5) is 5.69 Å². The molecule has 0 aliphatic carbocycles.